The van der Waals surface area contributed by atoms with Gasteiger partial charge >= 0.3 is 0 Å². The molecule has 0 atom stereocenters. The van der Waals surface area contributed by atoms with E-state index in [4.69, 9.17) is 5.73 Å². The lowest BCUT2D eigenvalue weighted by molar-refractivity contribution is 0.150. The predicted octanol–water partition coefficient (Wildman–Crippen LogP) is 3.91. The van der Waals surface area contributed by atoms with E-state index in [1.807, 2.05) is 6.20 Å². The molecule has 0 radical (unpaired) electrons. The maximum absolute atomic E-state index is 9.32. The monoisotopic (exact) mass is 415 g/mol. The number of aryl methyl sites for hydroxylation is 4. The minimum atomic E-state index is -0.102. The zero-order valence-electron chi connectivity index (χ0n) is 18.1. The summed E-state index contributed by atoms with van der Waals surface area (Å²) in [6, 6.07) is 14.9. The molecule has 0 bridgehead atoms. The van der Waals surface area contributed by atoms with Gasteiger partial charge in [-0.1, -0.05) is 30.3 Å². The van der Waals surface area contributed by atoms with Crippen molar-refractivity contribution in [1.82, 2.24) is 9.97 Å². The number of nitrogens with zero attached hydrogens (tertiary/aromatic N) is 2. The highest BCUT2D eigenvalue weighted by Crippen LogP contribution is 2.28. The topological polar surface area (TPSA) is 92.3 Å². The average Bonchev–Trinajstić information content (AvgIpc) is 2.76. The van der Waals surface area contributed by atoms with Gasteiger partial charge in [0.2, 0.25) is 0 Å². The molecule has 0 amide bonds. The molecule has 0 aliphatic heterocycles. The number of nitrogen functional groups attached to an aromatic ring is 1. The van der Waals surface area contributed by atoms with E-state index in [0.717, 1.165) is 45.8 Å². The van der Waals surface area contributed by atoms with Crippen molar-refractivity contribution in [2.75, 3.05) is 18.9 Å². The molecule has 0 saturated heterocycles. The van der Waals surface area contributed by atoms with Crippen LogP contribution in [0.25, 0.3) is 21.8 Å². The minimum absolute atomic E-state index is 0.000543. The summed E-state index contributed by atoms with van der Waals surface area (Å²) >= 11 is 0. The van der Waals surface area contributed by atoms with Crippen LogP contribution in [0, 0.1) is 19.8 Å². The lowest BCUT2D eigenvalue weighted by Crippen LogP contribution is -2.14. The smallest absolute Gasteiger partial charge is 0.150 e. The van der Waals surface area contributed by atoms with Crippen molar-refractivity contribution in [3.05, 3.63) is 76.5 Å². The molecule has 0 fully saturated rings. The van der Waals surface area contributed by atoms with E-state index in [0.29, 0.717) is 12.2 Å². The van der Waals surface area contributed by atoms with Gasteiger partial charge < -0.3 is 15.9 Å². The average molecular weight is 416 g/mol. The fourth-order valence-corrected chi connectivity index (χ4v) is 4.16. The predicted molar refractivity (Wildman–Crippen MR) is 126 cm³/mol. The van der Waals surface area contributed by atoms with Gasteiger partial charge in [-0.3, -0.25) is 4.98 Å². The Kier molecular flexibility index (Phi) is 6.16. The molecule has 0 unspecified atom stereocenters. The highest BCUT2D eigenvalue weighted by molar-refractivity contribution is 6.08. The second kappa shape index (κ2) is 9.00. The van der Waals surface area contributed by atoms with Crippen molar-refractivity contribution in [3.8, 4) is 0 Å². The summed E-state index contributed by atoms with van der Waals surface area (Å²) in [7, 11) is 0. The normalized spacial score (nSPS) is 11.6. The van der Waals surface area contributed by atoms with Crippen LogP contribution in [0.1, 0.15) is 27.8 Å². The van der Waals surface area contributed by atoms with Crippen molar-refractivity contribution >= 4 is 27.6 Å². The summed E-state index contributed by atoms with van der Waals surface area (Å²) in [5.41, 5.74) is 13.8. The van der Waals surface area contributed by atoms with Gasteiger partial charge in [-0.15, -0.1) is 0 Å². The first-order valence-electron chi connectivity index (χ1n) is 10.7. The third-order valence-corrected chi connectivity index (χ3v) is 6.00. The number of nitrogens with two attached hydrogens (primary N) is 1. The highest BCUT2D eigenvalue weighted by atomic mass is 16.3. The second-order valence-corrected chi connectivity index (χ2v) is 8.45. The maximum Gasteiger partial charge on any atom is 0.150 e. The van der Waals surface area contributed by atoms with E-state index in [1.54, 1.807) is 0 Å². The summed E-state index contributed by atoms with van der Waals surface area (Å²) in [6.07, 6.45) is 4.39. The number of aromatic nitrogens is 2. The molecule has 160 valence electrons. The van der Waals surface area contributed by atoms with E-state index in [1.165, 1.54) is 16.7 Å². The Hall–Kier alpha value is -3.02. The van der Waals surface area contributed by atoms with E-state index < -0.39 is 0 Å². The fourth-order valence-electron chi connectivity index (χ4n) is 4.16. The van der Waals surface area contributed by atoms with E-state index in [-0.39, 0.29) is 19.1 Å². The lowest BCUT2D eigenvalue weighted by Gasteiger charge is -2.13. The fraction of sp³-hybridized carbons (Fsp3) is 0.308. The Bertz CT molecular complexity index is 1230. The number of rotatable bonds is 7. The molecule has 2 aromatic heterocycles. The summed E-state index contributed by atoms with van der Waals surface area (Å²) in [5, 5.41) is 20.8. The van der Waals surface area contributed by atoms with Crippen LogP contribution in [0.15, 0.2) is 48.7 Å². The molecule has 0 spiro atoms. The summed E-state index contributed by atoms with van der Waals surface area (Å²) in [6.45, 7) is 4.17. The second-order valence-electron chi connectivity index (χ2n) is 8.45. The van der Waals surface area contributed by atoms with Crippen molar-refractivity contribution in [1.29, 1.82) is 0 Å². The van der Waals surface area contributed by atoms with Gasteiger partial charge in [0, 0.05) is 36.1 Å². The Morgan fingerprint density at radius 3 is 2.45 bits per heavy atom. The molecule has 4 aromatic rings. The summed E-state index contributed by atoms with van der Waals surface area (Å²) < 4.78 is 0. The number of aliphatic hydroxyl groups is 2. The summed E-state index contributed by atoms with van der Waals surface area (Å²) in [5.74, 6) is 0.365. The number of pyridine rings is 2. The minimum Gasteiger partial charge on any atom is -0.396 e. The molecule has 5 heteroatoms. The zero-order valence-corrected chi connectivity index (χ0v) is 18.1. The molecule has 0 aliphatic rings. The molecule has 4 N–H and O–H groups in total. The van der Waals surface area contributed by atoms with Gasteiger partial charge in [-0.25, -0.2) is 4.98 Å². The number of anilines is 1. The van der Waals surface area contributed by atoms with Crippen LogP contribution < -0.4 is 5.73 Å². The SMILES string of the molecule is Cc1ccc2c(c1)nc(N)c1ncc(CCc3ccc(CC(CO)CO)cc3C)cc12. The number of benzene rings is 2. The number of aliphatic hydroxyl groups excluding tert-OH is 2. The molecule has 0 aliphatic carbocycles. The van der Waals surface area contributed by atoms with Crippen LogP contribution in [-0.2, 0) is 19.3 Å². The lowest BCUT2D eigenvalue weighted by atomic mass is 9.94. The van der Waals surface area contributed by atoms with E-state index in [9.17, 15) is 10.2 Å². The van der Waals surface area contributed by atoms with Gasteiger partial charge in [-0.2, -0.15) is 0 Å². The van der Waals surface area contributed by atoms with Crippen LogP contribution >= 0.6 is 0 Å². The number of fused-ring (bicyclic) bond motifs is 3. The standard InChI is InChI=1S/C26H29N3O2/c1-16-3-8-22-23-12-19(13-28-25(23)26(27)29-24(22)9-16)5-7-21-6-4-18(10-17(21)2)11-20(14-30)15-31/h3-4,6,8-10,12-13,20,30-31H,5,7,11,14-15H2,1-2H3,(H2,27,29). The third-order valence-electron chi connectivity index (χ3n) is 6.00. The van der Waals surface area contributed by atoms with E-state index in [2.05, 4.69) is 66.3 Å². The van der Waals surface area contributed by atoms with Crippen LogP contribution in [0.2, 0.25) is 0 Å². The molecular formula is C26H29N3O2. The maximum atomic E-state index is 9.32. The molecule has 5 nitrogen and oxygen atoms in total. The first kappa shape index (κ1) is 21.2. The van der Waals surface area contributed by atoms with Gasteiger partial charge in [0.05, 0.1) is 5.52 Å². The van der Waals surface area contributed by atoms with Gasteiger partial charge in [0.1, 0.15) is 5.52 Å². The van der Waals surface area contributed by atoms with Crippen LogP contribution in [0.5, 0.6) is 0 Å². The Morgan fingerprint density at radius 1 is 0.903 bits per heavy atom. The first-order valence-corrected chi connectivity index (χ1v) is 10.7. The van der Waals surface area contributed by atoms with Crippen molar-refractivity contribution in [2.45, 2.75) is 33.1 Å². The molecule has 4 rings (SSSR count). The van der Waals surface area contributed by atoms with Crippen LogP contribution in [-0.4, -0.2) is 33.4 Å². The molecule has 2 aromatic carbocycles. The van der Waals surface area contributed by atoms with Crippen molar-refractivity contribution in [3.63, 3.8) is 0 Å². The van der Waals surface area contributed by atoms with E-state index >= 15 is 0 Å². The van der Waals surface area contributed by atoms with Gasteiger partial charge in [0.25, 0.3) is 0 Å². The molecule has 0 saturated carbocycles. The number of hydrogen-bond donors (Lipinski definition) is 3. The zero-order chi connectivity index (χ0) is 22.0. The molecular weight excluding hydrogens is 386 g/mol. The Labute approximate surface area is 182 Å². The van der Waals surface area contributed by atoms with Gasteiger partial charge in [-0.05, 0) is 73.1 Å². The van der Waals surface area contributed by atoms with Crippen LogP contribution in [0.3, 0.4) is 0 Å². The van der Waals surface area contributed by atoms with Gasteiger partial charge in [0.15, 0.2) is 5.82 Å². The quantitative estimate of drug-likeness (QED) is 0.398. The largest absolute Gasteiger partial charge is 0.396 e. The van der Waals surface area contributed by atoms with Crippen molar-refractivity contribution in [2.24, 2.45) is 5.92 Å². The Morgan fingerprint density at radius 2 is 1.71 bits per heavy atom. The number of hydrogen-bond acceptors (Lipinski definition) is 5. The van der Waals surface area contributed by atoms with Crippen molar-refractivity contribution < 1.29 is 10.2 Å². The highest BCUT2D eigenvalue weighted by Gasteiger charge is 2.11. The third kappa shape index (κ3) is 4.53. The molecule has 2 heterocycles. The summed E-state index contributed by atoms with van der Waals surface area (Å²) in [4.78, 5) is 9.14. The Balaban J connectivity index is 1.57. The van der Waals surface area contributed by atoms with Crippen LogP contribution in [0.4, 0.5) is 5.82 Å². The molecule has 31 heavy (non-hydrogen) atoms. The first-order chi connectivity index (χ1) is 15.0.